The number of rotatable bonds is 3. The van der Waals surface area contributed by atoms with E-state index in [1.165, 1.54) is 0 Å². The number of hydrogen-bond donors (Lipinski definition) is 2. The van der Waals surface area contributed by atoms with Gasteiger partial charge < -0.3 is 20.3 Å². The maximum absolute atomic E-state index is 12.6. The van der Waals surface area contributed by atoms with Crippen LogP contribution in [0.1, 0.15) is 33.3 Å². The third-order valence-electron chi connectivity index (χ3n) is 4.10. The lowest BCUT2D eigenvalue weighted by molar-refractivity contribution is -0.125. The Labute approximate surface area is 159 Å². The summed E-state index contributed by atoms with van der Waals surface area (Å²) in [7, 11) is 0. The highest BCUT2D eigenvalue weighted by Gasteiger charge is 2.31. The van der Waals surface area contributed by atoms with Crippen molar-refractivity contribution in [2.24, 2.45) is 0 Å². The number of nitrogens with zero attached hydrogens (tertiary/aromatic N) is 1. The summed E-state index contributed by atoms with van der Waals surface area (Å²) in [5.41, 5.74) is 2.01. The lowest BCUT2D eigenvalue weighted by atomic mass is 10.1. The largest absolute Gasteiger partial charge is 0.479 e. The van der Waals surface area contributed by atoms with Crippen LogP contribution in [-0.2, 0) is 11.3 Å². The summed E-state index contributed by atoms with van der Waals surface area (Å²) in [6.45, 7) is 7.94. The molecule has 0 saturated carbocycles. The molecule has 2 aromatic rings. The van der Waals surface area contributed by atoms with Gasteiger partial charge in [-0.25, -0.2) is 4.79 Å². The average Bonchev–Trinajstić information content (AvgIpc) is 2.58. The Kier molecular flexibility index (Phi) is 5.08. The zero-order chi connectivity index (χ0) is 19.6. The summed E-state index contributed by atoms with van der Waals surface area (Å²) in [5.74, 6) is 0.490. The van der Waals surface area contributed by atoms with E-state index >= 15 is 0 Å². The van der Waals surface area contributed by atoms with Crippen LogP contribution in [0.3, 0.4) is 0 Å². The second-order valence-corrected chi connectivity index (χ2v) is 7.68. The standard InChI is InChI=1S/C21H25N3O3/c1-14-19(25)24(13-15-8-6-5-7-9-15)17-11-10-16(12-18(17)27-14)22-20(26)23-21(2,3)4/h5-12,14H,13H2,1-4H3,(H2,22,23,26). The first-order valence-corrected chi connectivity index (χ1v) is 8.98. The third-order valence-corrected chi connectivity index (χ3v) is 4.10. The number of amides is 3. The van der Waals surface area contributed by atoms with Crippen LogP contribution in [0, 0.1) is 0 Å². The summed E-state index contributed by atoms with van der Waals surface area (Å²) < 4.78 is 5.77. The first kappa shape index (κ1) is 18.8. The predicted molar refractivity (Wildman–Crippen MR) is 106 cm³/mol. The summed E-state index contributed by atoms with van der Waals surface area (Å²) in [6, 6.07) is 14.8. The summed E-state index contributed by atoms with van der Waals surface area (Å²) >= 11 is 0. The highest BCUT2D eigenvalue weighted by Crippen LogP contribution is 2.37. The number of carbonyl (C=O) groups is 2. The molecule has 1 unspecified atom stereocenters. The molecule has 1 aliphatic rings. The Morgan fingerprint density at radius 3 is 2.52 bits per heavy atom. The molecule has 2 aromatic carbocycles. The van der Waals surface area contributed by atoms with Crippen LogP contribution in [0.5, 0.6) is 5.75 Å². The van der Waals surface area contributed by atoms with E-state index in [1.54, 1.807) is 30.0 Å². The molecule has 6 heteroatoms. The molecule has 0 aliphatic carbocycles. The fourth-order valence-electron chi connectivity index (χ4n) is 2.92. The van der Waals surface area contributed by atoms with Crippen LogP contribution < -0.4 is 20.3 Å². The van der Waals surface area contributed by atoms with Crippen molar-refractivity contribution in [1.29, 1.82) is 0 Å². The van der Waals surface area contributed by atoms with Crippen molar-refractivity contribution in [2.45, 2.75) is 45.9 Å². The molecule has 1 aliphatic heterocycles. The van der Waals surface area contributed by atoms with Gasteiger partial charge in [0.05, 0.1) is 12.2 Å². The average molecular weight is 367 g/mol. The molecule has 3 rings (SSSR count). The van der Waals surface area contributed by atoms with Gasteiger partial charge in [-0.05, 0) is 45.4 Å². The fourth-order valence-corrected chi connectivity index (χ4v) is 2.92. The van der Waals surface area contributed by atoms with Gasteiger partial charge >= 0.3 is 6.03 Å². The molecule has 0 aromatic heterocycles. The van der Waals surface area contributed by atoms with E-state index in [9.17, 15) is 9.59 Å². The second-order valence-electron chi connectivity index (χ2n) is 7.68. The molecular weight excluding hydrogens is 342 g/mol. The number of ether oxygens (including phenoxy) is 1. The van der Waals surface area contributed by atoms with Crippen LogP contribution in [0.15, 0.2) is 48.5 Å². The van der Waals surface area contributed by atoms with Gasteiger partial charge in [0.25, 0.3) is 5.91 Å². The molecule has 1 atom stereocenters. The Morgan fingerprint density at radius 1 is 1.15 bits per heavy atom. The topological polar surface area (TPSA) is 70.7 Å². The fraction of sp³-hybridized carbons (Fsp3) is 0.333. The maximum atomic E-state index is 12.6. The number of anilines is 2. The lowest BCUT2D eigenvalue weighted by Gasteiger charge is -2.33. The Balaban J connectivity index is 1.83. The van der Waals surface area contributed by atoms with Crippen LogP contribution in [0.25, 0.3) is 0 Å². The molecule has 0 spiro atoms. The van der Waals surface area contributed by atoms with Gasteiger partial charge in [0.2, 0.25) is 0 Å². The van der Waals surface area contributed by atoms with Crippen molar-refractivity contribution in [3.05, 3.63) is 54.1 Å². The highest BCUT2D eigenvalue weighted by atomic mass is 16.5. The van der Waals surface area contributed by atoms with Gasteiger partial charge in [-0.3, -0.25) is 4.79 Å². The van der Waals surface area contributed by atoms with Crippen molar-refractivity contribution < 1.29 is 14.3 Å². The van der Waals surface area contributed by atoms with Crippen molar-refractivity contribution in [1.82, 2.24) is 5.32 Å². The van der Waals surface area contributed by atoms with Crippen LogP contribution in [0.2, 0.25) is 0 Å². The minimum atomic E-state index is -0.583. The first-order chi connectivity index (χ1) is 12.7. The molecule has 2 N–H and O–H groups in total. The van der Waals surface area contributed by atoms with E-state index in [4.69, 9.17) is 4.74 Å². The summed E-state index contributed by atoms with van der Waals surface area (Å²) in [5, 5.41) is 5.66. The normalized spacial score (nSPS) is 16.4. The number of nitrogens with one attached hydrogen (secondary N) is 2. The zero-order valence-electron chi connectivity index (χ0n) is 16.1. The molecule has 142 valence electrons. The van der Waals surface area contributed by atoms with Crippen molar-refractivity contribution in [3.8, 4) is 5.75 Å². The van der Waals surface area contributed by atoms with Crippen molar-refractivity contribution >= 4 is 23.3 Å². The predicted octanol–water partition coefficient (Wildman–Crippen LogP) is 3.92. The molecule has 27 heavy (non-hydrogen) atoms. The summed E-state index contributed by atoms with van der Waals surface area (Å²) in [4.78, 5) is 26.4. The Hall–Kier alpha value is -3.02. The van der Waals surface area contributed by atoms with Gasteiger partial charge in [-0.15, -0.1) is 0 Å². The van der Waals surface area contributed by atoms with E-state index < -0.39 is 6.10 Å². The van der Waals surface area contributed by atoms with E-state index in [1.807, 2.05) is 51.1 Å². The number of fused-ring (bicyclic) bond motifs is 1. The zero-order valence-corrected chi connectivity index (χ0v) is 16.1. The molecule has 3 amide bonds. The quantitative estimate of drug-likeness (QED) is 0.864. The van der Waals surface area contributed by atoms with E-state index in [-0.39, 0.29) is 17.5 Å². The molecule has 0 saturated heterocycles. The van der Waals surface area contributed by atoms with Gasteiger partial charge in [0.15, 0.2) is 6.10 Å². The summed E-state index contributed by atoms with van der Waals surface area (Å²) in [6.07, 6.45) is -0.583. The molecule has 6 nitrogen and oxygen atoms in total. The maximum Gasteiger partial charge on any atom is 0.319 e. The van der Waals surface area contributed by atoms with Crippen LogP contribution in [0.4, 0.5) is 16.2 Å². The molecule has 1 heterocycles. The minimum absolute atomic E-state index is 0.0856. The van der Waals surface area contributed by atoms with E-state index in [0.717, 1.165) is 5.56 Å². The Morgan fingerprint density at radius 2 is 1.85 bits per heavy atom. The number of urea groups is 1. The molecule has 0 fully saturated rings. The number of benzene rings is 2. The van der Waals surface area contributed by atoms with Crippen molar-refractivity contribution in [3.63, 3.8) is 0 Å². The third kappa shape index (κ3) is 4.58. The smallest absolute Gasteiger partial charge is 0.319 e. The monoisotopic (exact) mass is 367 g/mol. The van der Waals surface area contributed by atoms with Gasteiger partial charge in [0, 0.05) is 17.3 Å². The van der Waals surface area contributed by atoms with E-state index in [0.29, 0.717) is 23.7 Å². The van der Waals surface area contributed by atoms with Gasteiger partial charge in [-0.2, -0.15) is 0 Å². The minimum Gasteiger partial charge on any atom is -0.479 e. The van der Waals surface area contributed by atoms with Gasteiger partial charge in [-0.1, -0.05) is 30.3 Å². The lowest BCUT2D eigenvalue weighted by Crippen LogP contribution is -2.44. The second kappa shape index (κ2) is 7.31. The van der Waals surface area contributed by atoms with Crippen LogP contribution >= 0.6 is 0 Å². The molecule has 0 radical (unpaired) electrons. The highest BCUT2D eigenvalue weighted by molar-refractivity contribution is 6.00. The number of carbonyl (C=O) groups excluding carboxylic acids is 2. The molecular formula is C21H25N3O3. The van der Waals surface area contributed by atoms with Gasteiger partial charge in [0.1, 0.15) is 5.75 Å². The number of hydrogen-bond acceptors (Lipinski definition) is 3. The van der Waals surface area contributed by atoms with Crippen LogP contribution in [-0.4, -0.2) is 23.6 Å². The first-order valence-electron chi connectivity index (χ1n) is 8.98. The SMILES string of the molecule is CC1Oc2cc(NC(=O)NC(C)(C)C)ccc2N(Cc2ccccc2)C1=O. The Bertz CT molecular complexity index is 843. The molecule has 0 bridgehead atoms. The van der Waals surface area contributed by atoms with E-state index in [2.05, 4.69) is 10.6 Å². The van der Waals surface area contributed by atoms with Crippen molar-refractivity contribution in [2.75, 3.05) is 10.2 Å².